The van der Waals surface area contributed by atoms with Crippen LogP contribution in [0.3, 0.4) is 0 Å². The van der Waals surface area contributed by atoms with E-state index in [9.17, 15) is 13.2 Å². The average molecular weight is 314 g/mol. The van der Waals surface area contributed by atoms with Crippen LogP contribution in [-0.4, -0.2) is 14.2 Å². The van der Waals surface area contributed by atoms with E-state index >= 15 is 0 Å². The van der Waals surface area contributed by atoms with Crippen molar-refractivity contribution in [1.82, 2.24) is 0 Å². The van der Waals surface area contributed by atoms with Gasteiger partial charge in [0.25, 0.3) is 0 Å². The van der Waals surface area contributed by atoms with Gasteiger partial charge in [-0.15, -0.1) is 0 Å². The Hall–Kier alpha value is -2.20. The molecule has 0 bridgehead atoms. The van der Waals surface area contributed by atoms with Crippen molar-refractivity contribution >= 4 is 15.6 Å². The van der Waals surface area contributed by atoms with E-state index in [0.717, 1.165) is 12.0 Å². The first kappa shape index (κ1) is 16.2. The van der Waals surface area contributed by atoms with Gasteiger partial charge in [0, 0.05) is 6.42 Å². The van der Waals surface area contributed by atoms with Crippen molar-refractivity contribution in [2.45, 2.75) is 24.2 Å². The number of ketones is 1. The third-order valence-electron chi connectivity index (χ3n) is 3.40. The number of benzene rings is 2. The van der Waals surface area contributed by atoms with Crippen molar-refractivity contribution in [3.8, 4) is 0 Å². The first-order valence-electron chi connectivity index (χ1n) is 7.08. The minimum absolute atomic E-state index is 0.108. The molecule has 0 fully saturated rings. The highest BCUT2D eigenvalue weighted by Gasteiger charge is 2.24. The molecule has 22 heavy (non-hydrogen) atoms. The highest BCUT2D eigenvalue weighted by atomic mass is 32.2. The molecule has 3 nitrogen and oxygen atoms in total. The molecule has 0 N–H and O–H groups in total. The molecule has 0 radical (unpaired) electrons. The van der Waals surface area contributed by atoms with Gasteiger partial charge >= 0.3 is 0 Å². The van der Waals surface area contributed by atoms with Gasteiger partial charge in [-0.05, 0) is 30.5 Å². The van der Waals surface area contributed by atoms with Crippen LogP contribution in [0.1, 0.15) is 18.4 Å². The van der Waals surface area contributed by atoms with Gasteiger partial charge in [0.15, 0.2) is 5.78 Å². The second kappa shape index (κ2) is 7.18. The van der Waals surface area contributed by atoms with Crippen molar-refractivity contribution in [1.29, 1.82) is 0 Å². The molecular formula is C18H18O3S. The number of Topliss-reactive ketones (excluding diaryl/α,β-unsaturated/α-hetero) is 1. The smallest absolute Gasteiger partial charge is 0.209 e. The van der Waals surface area contributed by atoms with Crippen molar-refractivity contribution in [2.75, 3.05) is 0 Å². The van der Waals surface area contributed by atoms with Crippen molar-refractivity contribution in [2.24, 2.45) is 0 Å². The van der Waals surface area contributed by atoms with Gasteiger partial charge in [-0.2, -0.15) is 0 Å². The number of carbonyl (C=O) groups excluding carboxylic acids is 1. The van der Waals surface area contributed by atoms with Gasteiger partial charge < -0.3 is 0 Å². The Bertz CT molecular complexity index is 747. The molecule has 0 saturated heterocycles. The highest BCUT2D eigenvalue weighted by Crippen LogP contribution is 2.20. The summed E-state index contributed by atoms with van der Waals surface area (Å²) in [6.07, 6.45) is 1.53. The predicted molar refractivity (Wildman–Crippen MR) is 87.2 cm³/mol. The van der Waals surface area contributed by atoms with Crippen molar-refractivity contribution < 1.29 is 13.2 Å². The van der Waals surface area contributed by atoms with E-state index < -0.39 is 15.6 Å². The molecule has 4 heteroatoms. The quantitative estimate of drug-likeness (QED) is 0.734. The second-order valence-corrected chi connectivity index (χ2v) is 6.97. The van der Waals surface area contributed by atoms with Crippen LogP contribution in [0.4, 0.5) is 0 Å². The van der Waals surface area contributed by atoms with Crippen LogP contribution >= 0.6 is 0 Å². The lowest BCUT2D eigenvalue weighted by Gasteiger charge is -2.07. The van der Waals surface area contributed by atoms with E-state index in [0.29, 0.717) is 6.42 Å². The molecule has 0 spiro atoms. The summed E-state index contributed by atoms with van der Waals surface area (Å²) in [5, 5.41) is 0. The van der Waals surface area contributed by atoms with Gasteiger partial charge in [0.05, 0.1) is 4.90 Å². The SMILES string of the molecule is C=C(C(=O)CCCc1ccccc1)S(=O)(=O)c1ccccc1. The fourth-order valence-corrected chi connectivity index (χ4v) is 3.33. The predicted octanol–water partition coefficient (Wildman–Crippen LogP) is 3.57. The van der Waals surface area contributed by atoms with Gasteiger partial charge in [-0.3, -0.25) is 4.79 Å². The third kappa shape index (κ3) is 3.92. The average Bonchev–Trinajstić information content (AvgIpc) is 2.55. The fourth-order valence-electron chi connectivity index (χ4n) is 2.13. The van der Waals surface area contributed by atoms with Crippen LogP contribution in [-0.2, 0) is 21.1 Å². The maximum Gasteiger partial charge on any atom is 0.209 e. The molecule has 114 valence electrons. The zero-order valence-electron chi connectivity index (χ0n) is 12.2. The Kier molecular flexibility index (Phi) is 5.28. The first-order valence-corrected chi connectivity index (χ1v) is 8.56. The topological polar surface area (TPSA) is 51.2 Å². The standard InChI is InChI=1S/C18H18O3S/c1-15(22(20,21)17-12-6-3-7-13-17)18(19)14-8-11-16-9-4-2-5-10-16/h2-7,9-10,12-13H,1,8,11,14H2. The Balaban J connectivity index is 1.96. The zero-order valence-corrected chi connectivity index (χ0v) is 13.1. The van der Waals surface area contributed by atoms with Gasteiger partial charge in [0.2, 0.25) is 9.84 Å². The summed E-state index contributed by atoms with van der Waals surface area (Å²) < 4.78 is 24.6. The Labute approximate surface area is 131 Å². The summed E-state index contributed by atoms with van der Waals surface area (Å²) in [7, 11) is -3.78. The summed E-state index contributed by atoms with van der Waals surface area (Å²) in [6, 6.07) is 17.7. The fraction of sp³-hybridized carbons (Fsp3) is 0.167. The molecule has 2 aromatic rings. The number of carbonyl (C=O) groups is 1. The first-order chi connectivity index (χ1) is 10.5. The second-order valence-electron chi connectivity index (χ2n) is 5.00. The minimum atomic E-state index is -3.78. The van der Waals surface area contributed by atoms with E-state index in [-0.39, 0.29) is 16.2 Å². The Morgan fingerprint density at radius 3 is 2.05 bits per heavy atom. The summed E-state index contributed by atoms with van der Waals surface area (Å²) in [5.74, 6) is -0.417. The van der Waals surface area contributed by atoms with Crippen LogP contribution in [0.25, 0.3) is 0 Å². The Morgan fingerprint density at radius 2 is 1.45 bits per heavy atom. The number of allylic oxidation sites excluding steroid dienone is 1. The van der Waals surface area contributed by atoms with Crippen molar-refractivity contribution in [3.63, 3.8) is 0 Å². The normalized spacial score (nSPS) is 11.1. The number of hydrogen-bond donors (Lipinski definition) is 0. The molecular weight excluding hydrogens is 296 g/mol. The lowest BCUT2D eigenvalue weighted by molar-refractivity contribution is -0.115. The zero-order chi connectivity index (χ0) is 16.0. The Morgan fingerprint density at radius 1 is 0.909 bits per heavy atom. The van der Waals surface area contributed by atoms with Crippen LogP contribution in [0.2, 0.25) is 0 Å². The van der Waals surface area contributed by atoms with E-state index in [1.54, 1.807) is 18.2 Å². The third-order valence-corrected chi connectivity index (χ3v) is 5.17. The summed E-state index contributed by atoms with van der Waals surface area (Å²) in [5.41, 5.74) is 1.13. The van der Waals surface area contributed by atoms with E-state index in [2.05, 4.69) is 6.58 Å². The lowest BCUT2D eigenvalue weighted by atomic mass is 10.1. The maximum atomic E-state index is 12.3. The monoisotopic (exact) mass is 314 g/mol. The van der Waals surface area contributed by atoms with Gasteiger partial charge in [-0.1, -0.05) is 55.1 Å². The highest BCUT2D eigenvalue weighted by molar-refractivity contribution is 7.96. The minimum Gasteiger partial charge on any atom is -0.293 e. The maximum absolute atomic E-state index is 12.3. The summed E-state index contributed by atoms with van der Waals surface area (Å²) in [6.45, 7) is 3.49. The van der Waals surface area contributed by atoms with Crippen LogP contribution in [0.15, 0.2) is 77.0 Å². The van der Waals surface area contributed by atoms with E-state index in [1.807, 2.05) is 30.3 Å². The largest absolute Gasteiger partial charge is 0.293 e. The molecule has 0 aliphatic carbocycles. The van der Waals surface area contributed by atoms with E-state index in [4.69, 9.17) is 0 Å². The molecule has 0 aliphatic heterocycles. The van der Waals surface area contributed by atoms with Crippen LogP contribution in [0, 0.1) is 0 Å². The molecule has 2 aromatic carbocycles. The molecule has 0 unspecified atom stereocenters. The molecule has 0 aromatic heterocycles. The molecule has 0 heterocycles. The summed E-state index contributed by atoms with van der Waals surface area (Å²) in [4.78, 5) is 11.9. The number of hydrogen-bond acceptors (Lipinski definition) is 3. The van der Waals surface area contributed by atoms with E-state index in [1.165, 1.54) is 12.1 Å². The van der Waals surface area contributed by atoms with Gasteiger partial charge in [0.1, 0.15) is 4.91 Å². The molecule has 0 aliphatic rings. The van der Waals surface area contributed by atoms with Crippen LogP contribution in [0.5, 0.6) is 0 Å². The molecule has 0 amide bonds. The summed E-state index contributed by atoms with van der Waals surface area (Å²) >= 11 is 0. The number of aryl methyl sites for hydroxylation is 1. The lowest BCUT2D eigenvalue weighted by Crippen LogP contribution is -2.13. The molecule has 0 atom stereocenters. The number of rotatable bonds is 7. The van der Waals surface area contributed by atoms with Gasteiger partial charge in [-0.25, -0.2) is 8.42 Å². The van der Waals surface area contributed by atoms with Crippen LogP contribution < -0.4 is 0 Å². The van der Waals surface area contributed by atoms with Crippen molar-refractivity contribution in [3.05, 3.63) is 77.7 Å². The molecule has 0 saturated carbocycles. The molecule has 2 rings (SSSR count). The number of sulfone groups is 1.